The molecule has 15 heteroatoms. The molecular weight excluding hydrogens is 1720 g/mol. The number of rotatable bonds is 12. The second-order valence-electron chi connectivity index (χ2n) is 26.3. The second-order valence-corrected chi connectivity index (χ2v) is 27.3. The molecule has 0 unspecified atom stereocenters. The van der Waals surface area contributed by atoms with Crippen LogP contribution in [0.2, 0.25) is 0 Å². The van der Waals surface area contributed by atoms with Gasteiger partial charge in [-0.05, 0) is 144 Å². The van der Waals surface area contributed by atoms with E-state index in [2.05, 4.69) is 269 Å². The number of aryl methyl sites for hydroxylation is 8. The van der Waals surface area contributed by atoms with Crippen LogP contribution in [0.15, 0.2) is 282 Å². The van der Waals surface area contributed by atoms with Crippen molar-refractivity contribution in [1.29, 1.82) is 0 Å². The van der Waals surface area contributed by atoms with Gasteiger partial charge in [-0.25, -0.2) is 0 Å². The van der Waals surface area contributed by atoms with Crippen molar-refractivity contribution in [1.82, 2.24) is 40.3 Å². The van der Waals surface area contributed by atoms with E-state index in [1.165, 1.54) is 83.5 Å². The topological polar surface area (TPSA) is 121 Å². The van der Waals surface area contributed by atoms with Crippen molar-refractivity contribution in [3.8, 4) is 134 Å². The van der Waals surface area contributed by atoms with Gasteiger partial charge >= 0.3 is 0 Å². The van der Waals surface area contributed by atoms with E-state index in [0.717, 1.165) is 105 Å². The Hall–Kier alpha value is -10.3. The summed E-state index contributed by atoms with van der Waals surface area (Å²) in [6, 6.07) is 93.1. The fourth-order valence-electron chi connectivity index (χ4n) is 13.6. The van der Waals surface area contributed by atoms with Gasteiger partial charge in [0.25, 0.3) is 0 Å². The quantitative estimate of drug-likeness (QED) is 0.0869. The Morgan fingerprint density at radius 1 is 0.284 bits per heavy atom. The predicted molar refractivity (Wildman–Crippen MR) is 433 cm³/mol. The van der Waals surface area contributed by atoms with Crippen LogP contribution in [0, 0.1) is 83.1 Å². The Morgan fingerprint density at radius 3 is 1.02 bits per heavy atom. The first-order valence-electron chi connectivity index (χ1n) is 34.8. The number of hydrogen-bond donors (Lipinski definition) is 0. The number of benzene rings is 12. The summed E-state index contributed by atoms with van der Waals surface area (Å²) in [6.45, 7) is 33.3. The van der Waals surface area contributed by atoms with Crippen LogP contribution in [0.25, 0.3) is 134 Å². The van der Waals surface area contributed by atoms with Crippen molar-refractivity contribution in [2.45, 2.75) is 55.4 Å². The Kier molecular flexibility index (Phi) is 28.6. The zero-order chi connectivity index (χ0) is 73.3. The molecule has 554 valence electrons. The zero-order valence-corrected chi connectivity index (χ0v) is 69.3. The molecule has 0 N–H and O–H groups in total. The van der Waals surface area contributed by atoms with Gasteiger partial charge in [0.1, 0.15) is 10.8 Å². The molecule has 0 aliphatic heterocycles. The molecule has 10 nitrogen and oxygen atoms in total. The minimum Gasteiger partial charge on any atom is -0.428 e. The fourth-order valence-corrected chi connectivity index (χ4v) is 14.7. The maximum absolute atomic E-state index is 5.98. The van der Waals surface area contributed by atoms with E-state index in [9.17, 15) is 0 Å². The van der Waals surface area contributed by atoms with Gasteiger partial charge in [-0.15, -0.1) is 85.4 Å². The first kappa shape index (κ1) is 82.7. The molecule has 0 fully saturated rings. The van der Waals surface area contributed by atoms with Crippen molar-refractivity contribution in [3.63, 3.8) is 0 Å². The Labute approximate surface area is 696 Å². The summed E-state index contributed by atoms with van der Waals surface area (Å²) in [4.78, 5) is 0. The van der Waals surface area contributed by atoms with Crippen LogP contribution in [0.5, 0.6) is 0 Å². The maximum Gasteiger partial charge on any atom is 0.247 e. The third-order valence-corrected chi connectivity index (χ3v) is 19.7. The van der Waals surface area contributed by atoms with Gasteiger partial charge in [-0.1, -0.05) is 222 Å². The molecule has 0 aliphatic rings. The normalized spacial score (nSPS) is 10.5. The van der Waals surface area contributed by atoms with E-state index < -0.39 is 0 Å². The molecule has 0 saturated heterocycles. The Morgan fingerprint density at radius 2 is 0.606 bits per heavy atom. The van der Waals surface area contributed by atoms with Crippen LogP contribution in [-0.2, 0) is 85.0 Å². The molecule has 0 atom stereocenters. The SMILES string of the molecule is [CH2-]c1ccccc1-c1cc(-c2c(C)cc(-c3ccccc3)cc2C)on1.[CH2-]c1ccccc1-c1nnc(-c2c(C)cc(-c3ccccc3)cc2C)n1C.[CH2-]c1ccccc1-c1nnc(-c2c(C)cc(-c3ccccc3)cc2C)o1.[CH2-]c1ccccc1-c1nnc(-c2c(C)cc(-c3ccccc3)cc2C)s1.[Rh].[Rh].[Rh].[Rh]. The van der Waals surface area contributed by atoms with Crippen LogP contribution in [-0.4, -0.2) is 40.3 Å². The van der Waals surface area contributed by atoms with Crippen LogP contribution < -0.4 is 0 Å². The van der Waals surface area contributed by atoms with Gasteiger partial charge in [0.05, 0.1) is 10.7 Å². The van der Waals surface area contributed by atoms with E-state index >= 15 is 0 Å². The molecule has 16 rings (SSSR count). The van der Waals surface area contributed by atoms with Gasteiger partial charge in [-0.3, -0.25) is 0 Å². The minimum atomic E-state index is 0. The maximum atomic E-state index is 5.98. The number of aromatic nitrogens is 8. The number of hydrogen-bond acceptors (Lipinski definition) is 10. The Bertz CT molecular complexity index is 5230. The molecule has 0 spiro atoms. The molecule has 0 aliphatic carbocycles. The van der Waals surface area contributed by atoms with E-state index in [0.29, 0.717) is 11.8 Å². The first-order valence-corrected chi connectivity index (χ1v) is 35.6. The summed E-state index contributed by atoms with van der Waals surface area (Å²) >= 11 is 1.62. The fraction of sp³-hybridized carbons (Fsp3) is 0.0957. The van der Waals surface area contributed by atoms with E-state index in [4.69, 9.17) is 8.94 Å². The molecule has 4 aromatic heterocycles. The second kappa shape index (κ2) is 37.7. The third kappa shape index (κ3) is 18.9. The summed E-state index contributed by atoms with van der Waals surface area (Å²) < 4.78 is 13.7. The summed E-state index contributed by atoms with van der Waals surface area (Å²) in [6.07, 6.45) is 0. The molecule has 0 amide bonds. The van der Waals surface area contributed by atoms with Crippen molar-refractivity contribution < 1.29 is 86.9 Å². The van der Waals surface area contributed by atoms with Crippen LogP contribution in [0.4, 0.5) is 0 Å². The van der Waals surface area contributed by atoms with Gasteiger partial charge < -0.3 is 13.5 Å². The van der Waals surface area contributed by atoms with Gasteiger partial charge in [0, 0.05) is 113 Å². The zero-order valence-electron chi connectivity index (χ0n) is 61.9. The standard InChI is InChI=1S/C24H22N3.C24H20NO.C23H19N2O.C23H19N2S.4Rh/c1-16-10-8-9-13-21(16)23-25-26-24(27(23)4)22-17(2)14-20(15-18(22)3)19-11-6-5-7-12-19;1-16-9-7-8-12-21(16)22-15-23(26-25-22)24-17(2)13-20(14-18(24)3)19-10-5-4-6-11-19;2*1-15-9-7-8-12-20(15)22-24-25-23(26-22)21-16(2)13-19(14-17(21)3)18-10-5-4-6-11-18;;;;/h5-15H,1H2,2-4H3;4-15H,1H2,2-3H3;2*4-14H,1H2,2-3H3;;;;/q4*-1;;;;. The van der Waals surface area contributed by atoms with E-state index in [1.54, 1.807) is 11.3 Å². The number of nitrogens with zero attached hydrogens (tertiary/aromatic N) is 8. The molecule has 16 aromatic rings. The molecule has 109 heavy (non-hydrogen) atoms. The molecular formula is C94H80N8O2Rh4S-4. The molecule has 4 radical (unpaired) electrons. The summed E-state index contributed by atoms with van der Waals surface area (Å²) in [5, 5.41) is 32.5. The van der Waals surface area contributed by atoms with Crippen molar-refractivity contribution in [2.75, 3.05) is 0 Å². The van der Waals surface area contributed by atoms with Crippen molar-refractivity contribution >= 4 is 11.3 Å². The smallest absolute Gasteiger partial charge is 0.247 e. The molecule has 4 heterocycles. The van der Waals surface area contributed by atoms with Crippen LogP contribution >= 0.6 is 11.3 Å². The third-order valence-electron chi connectivity index (χ3n) is 18.7. The van der Waals surface area contributed by atoms with E-state index in [1.807, 2.05) is 134 Å². The van der Waals surface area contributed by atoms with Gasteiger partial charge in [0.2, 0.25) is 5.89 Å². The average Bonchev–Trinajstić information content (AvgIpc) is 1.67. The Balaban J connectivity index is 0.000000165. The van der Waals surface area contributed by atoms with Crippen LogP contribution in [0.3, 0.4) is 0 Å². The summed E-state index contributed by atoms with van der Waals surface area (Å²) in [5.41, 5.74) is 32.0. The van der Waals surface area contributed by atoms with E-state index in [-0.39, 0.29) is 77.9 Å². The average molecular weight is 1800 g/mol. The minimum absolute atomic E-state index is 0. The van der Waals surface area contributed by atoms with Crippen LogP contribution in [0.1, 0.15) is 66.8 Å². The monoisotopic (exact) mass is 1800 g/mol. The molecule has 0 bridgehead atoms. The predicted octanol–water partition coefficient (Wildman–Crippen LogP) is 24.3. The van der Waals surface area contributed by atoms with Gasteiger partial charge in [-0.2, -0.15) is 79.3 Å². The van der Waals surface area contributed by atoms with Crippen molar-refractivity contribution in [3.05, 3.63) is 367 Å². The summed E-state index contributed by atoms with van der Waals surface area (Å²) in [7, 11) is 2.01. The molecule has 12 aromatic carbocycles. The molecule has 0 saturated carbocycles. The first-order chi connectivity index (χ1) is 51.0. The summed E-state index contributed by atoms with van der Waals surface area (Å²) in [5.74, 6) is 3.54. The van der Waals surface area contributed by atoms with Gasteiger partial charge in [0.15, 0.2) is 17.5 Å². The largest absolute Gasteiger partial charge is 0.428 e. The van der Waals surface area contributed by atoms with Crippen molar-refractivity contribution in [2.24, 2.45) is 7.05 Å².